The molecule has 2 aromatic rings. The Bertz CT molecular complexity index is 900. The molecule has 1 aromatic carbocycles. The Hall–Kier alpha value is -2.11. The van der Waals surface area contributed by atoms with E-state index in [4.69, 9.17) is 25.9 Å². The Kier molecular flexibility index (Phi) is 4.47. The first-order valence-electron chi connectivity index (χ1n) is 7.50. The molecule has 1 aliphatic rings. The van der Waals surface area contributed by atoms with E-state index in [1.807, 2.05) is 19.1 Å². The van der Waals surface area contributed by atoms with Crippen molar-refractivity contribution in [2.75, 3.05) is 13.2 Å². The first-order valence-corrected chi connectivity index (χ1v) is 7.88. The van der Waals surface area contributed by atoms with Crippen LogP contribution in [0.5, 0.6) is 0 Å². The van der Waals surface area contributed by atoms with Crippen LogP contribution in [-0.4, -0.2) is 18.3 Å². The summed E-state index contributed by atoms with van der Waals surface area (Å²) in [6.45, 7) is 2.05. The molecule has 0 spiro atoms. The fraction of sp³-hybridized carbons (Fsp3) is 0.278. The van der Waals surface area contributed by atoms with Gasteiger partial charge in [-0.25, -0.2) is 4.39 Å². The quantitative estimate of drug-likeness (QED) is 0.913. The molecular formula is C18H16ClFO4. The summed E-state index contributed by atoms with van der Waals surface area (Å²) in [6.07, 6.45) is 6.01. The van der Waals surface area contributed by atoms with Gasteiger partial charge in [0.05, 0.1) is 11.6 Å². The van der Waals surface area contributed by atoms with E-state index in [0.29, 0.717) is 17.9 Å². The van der Waals surface area contributed by atoms with Crippen LogP contribution >= 0.6 is 11.6 Å². The summed E-state index contributed by atoms with van der Waals surface area (Å²) in [6, 6.07) is 3.82. The minimum absolute atomic E-state index is 0.0556. The van der Waals surface area contributed by atoms with Crippen molar-refractivity contribution < 1.29 is 18.7 Å². The van der Waals surface area contributed by atoms with Gasteiger partial charge >= 0.3 is 0 Å². The molecule has 126 valence electrons. The number of fused-ring (bicyclic) bond motifs is 1. The lowest BCUT2D eigenvalue weighted by molar-refractivity contribution is 0.150. The van der Waals surface area contributed by atoms with Gasteiger partial charge in [0.15, 0.2) is 11.0 Å². The zero-order valence-corrected chi connectivity index (χ0v) is 13.8. The molecule has 1 aliphatic carbocycles. The third kappa shape index (κ3) is 2.97. The molecule has 1 heterocycles. The lowest BCUT2D eigenvalue weighted by Gasteiger charge is -2.27. The van der Waals surface area contributed by atoms with Crippen LogP contribution in [0.3, 0.4) is 0 Å². The van der Waals surface area contributed by atoms with Gasteiger partial charge in [-0.1, -0.05) is 17.7 Å². The monoisotopic (exact) mass is 350 g/mol. The van der Waals surface area contributed by atoms with Crippen molar-refractivity contribution in [3.05, 3.63) is 69.0 Å². The molecule has 0 aliphatic heterocycles. The van der Waals surface area contributed by atoms with Crippen molar-refractivity contribution in [3.63, 3.8) is 0 Å². The van der Waals surface area contributed by atoms with Crippen LogP contribution in [0, 0.1) is 5.82 Å². The van der Waals surface area contributed by atoms with E-state index in [0.717, 1.165) is 6.07 Å². The Balaban J connectivity index is 2.02. The van der Waals surface area contributed by atoms with E-state index in [-0.39, 0.29) is 29.2 Å². The highest BCUT2D eigenvalue weighted by Gasteiger charge is 2.29. The summed E-state index contributed by atoms with van der Waals surface area (Å²) in [5, 5.41) is 8.84. The number of aliphatic hydroxyl groups excluding tert-OH is 1. The lowest BCUT2D eigenvalue weighted by Crippen LogP contribution is -2.23. The molecule has 0 saturated heterocycles. The third-order valence-corrected chi connectivity index (χ3v) is 4.34. The smallest absolute Gasteiger partial charge is 0.196 e. The third-order valence-electron chi connectivity index (χ3n) is 4.05. The van der Waals surface area contributed by atoms with Crippen LogP contribution < -0.4 is 5.43 Å². The molecule has 0 saturated carbocycles. The van der Waals surface area contributed by atoms with Gasteiger partial charge in [-0.15, -0.1) is 0 Å². The molecule has 1 N–H and O–H groups in total. The summed E-state index contributed by atoms with van der Waals surface area (Å²) in [4.78, 5) is 12.3. The van der Waals surface area contributed by atoms with Gasteiger partial charge in [-0.2, -0.15) is 0 Å². The zero-order valence-electron chi connectivity index (χ0n) is 13.0. The van der Waals surface area contributed by atoms with Gasteiger partial charge in [0.2, 0.25) is 0 Å². The van der Waals surface area contributed by atoms with Crippen molar-refractivity contribution in [2.24, 2.45) is 0 Å². The van der Waals surface area contributed by atoms with Crippen LogP contribution in [0.15, 0.2) is 51.4 Å². The van der Waals surface area contributed by atoms with E-state index in [2.05, 4.69) is 0 Å². The number of hydrogen-bond acceptors (Lipinski definition) is 4. The summed E-state index contributed by atoms with van der Waals surface area (Å²) in [5.41, 5.74) is -0.984. The van der Waals surface area contributed by atoms with Crippen LogP contribution in [0.2, 0.25) is 5.02 Å². The van der Waals surface area contributed by atoms with Crippen molar-refractivity contribution in [1.29, 1.82) is 0 Å². The average molecular weight is 351 g/mol. The van der Waals surface area contributed by atoms with E-state index in [1.165, 1.54) is 12.1 Å². The largest absolute Gasteiger partial charge is 0.492 e. The highest BCUT2D eigenvalue weighted by atomic mass is 35.5. The predicted molar refractivity (Wildman–Crippen MR) is 89.7 cm³/mol. The fourth-order valence-electron chi connectivity index (χ4n) is 2.64. The van der Waals surface area contributed by atoms with Crippen LogP contribution in [0.4, 0.5) is 4.39 Å². The maximum Gasteiger partial charge on any atom is 0.196 e. The molecule has 0 bridgehead atoms. The maximum absolute atomic E-state index is 13.9. The molecule has 6 heteroatoms. The molecule has 0 amide bonds. The minimum atomic E-state index is -0.654. The second-order valence-corrected chi connectivity index (χ2v) is 6.25. The Morgan fingerprint density at radius 1 is 1.46 bits per heavy atom. The highest BCUT2D eigenvalue weighted by Crippen LogP contribution is 2.36. The lowest BCUT2D eigenvalue weighted by atomic mass is 9.80. The Morgan fingerprint density at radius 3 is 2.92 bits per heavy atom. The first kappa shape index (κ1) is 16.7. The van der Waals surface area contributed by atoms with Crippen molar-refractivity contribution >= 4 is 22.6 Å². The molecule has 1 aromatic heterocycles. The number of rotatable bonds is 4. The number of halogens is 2. The zero-order chi connectivity index (χ0) is 17.3. The summed E-state index contributed by atoms with van der Waals surface area (Å²) >= 11 is 6.06. The molecule has 3 rings (SSSR count). The van der Waals surface area contributed by atoms with Gasteiger partial charge in [-0.3, -0.25) is 4.79 Å². The number of allylic oxidation sites excluding steroid dienone is 3. The first-order chi connectivity index (χ1) is 11.4. The van der Waals surface area contributed by atoms with Gasteiger partial charge in [0.25, 0.3) is 0 Å². The van der Waals surface area contributed by atoms with Gasteiger partial charge < -0.3 is 14.3 Å². The molecule has 0 radical (unpaired) electrons. The molecule has 1 atom stereocenters. The van der Waals surface area contributed by atoms with Crippen molar-refractivity contribution in [2.45, 2.75) is 18.8 Å². The maximum atomic E-state index is 13.9. The molecular weight excluding hydrogens is 335 g/mol. The summed E-state index contributed by atoms with van der Waals surface area (Å²) < 4.78 is 25.0. The number of benzene rings is 1. The highest BCUT2D eigenvalue weighted by molar-refractivity contribution is 6.34. The normalized spacial score (nSPS) is 20.2. The van der Waals surface area contributed by atoms with Crippen molar-refractivity contribution in [1.82, 2.24) is 0 Å². The minimum Gasteiger partial charge on any atom is -0.492 e. The van der Waals surface area contributed by atoms with Crippen LogP contribution in [-0.2, 0) is 10.2 Å². The average Bonchev–Trinajstić information content (AvgIpc) is 2.57. The summed E-state index contributed by atoms with van der Waals surface area (Å²) in [5.74, 6) is 0.397. The van der Waals surface area contributed by atoms with Crippen LogP contribution in [0.25, 0.3) is 11.0 Å². The summed E-state index contributed by atoms with van der Waals surface area (Å²) in [7, 11) is 0. The Morgan fingerprint density at radius 2 is 2.25 bits per heavy atom. The second-order valence-electron chi connectivity index (χ2n) is 5.84. The Labute approximate surface area is 142 Å². The predicted octanol–water partition coefficient (Wildman–Crippen LogP) is 3.70. The molecule has 4 nitrogen and oxygen atoms in total. The van der Waals surface area contributed by atoms with E-state index in [1.54, 1.807) is 6.08 Å². The molecule has 1 unspecified atom stereocenters. The standard InChI is InChI=1S/C18H16ClFO4/c1-18(6-4-11(5-7-18)23-9-8-21)15-10-14(22)16-13(20)3-2-12(19)17(16)24-15/h2-6,10,21H,7-9H2,1H3. The van der Waals surface area contributed by atoms with Crippen LogP contribution in [0.1, 0.15) is 19.1 Å². The fourth-order valence-corrected chi connectivity index (χ4v) is 2.84. The molecule has 24 heavy (non-hydrogen) atoms. The van der Waals surface area contributed by atoms with E-state index in [9.17, 15) is 9.18 Å². The van der Waals surface area contributed by atoms with Gasteiger partial charge in [0, 0.05) is 11.5 Å². The van der Waals surface area contributed by atoms with E-state index < -0.39 is 16.7 Å². The van der Waals surface area contributed by atoms with Gasteiger partial charge in [-0.05, 0) is 37.6 Å². The number of aliphatic hydroxyl groups is 1. The number of ether oxygens (including phenoxy) is 1. The topological polar surface area (TPSA) is 59.7 Å². The van der Waals surface area contributed by atoms with Crippen molar-refractivity contribution in [3.8, 4) is 0 Å². The second kappa shape index (κ2) is 6.42. The van der Waals surface area contributed by atoms with Gasteiger partial charge in [0.1, 0.15) is 29.3 Å². The number of hydrogen-bond donors (Lipinski definition) is 1. The molecule has 0 fully saturated rings. The SMILES string of the molecule is CC1(c2cc(=O)c3c(F)ccc(Cl)c3o2)C=CC(OCCO)=CC1. The van der Waals surface area contributed by atoms with E-state index >= 15 is 0 Å².